The highest BCUT2D eigenvalue weighted by Crippen LogP contribution is 2.22. The average molecular weight is 479 g/mol. The molecule has 0 aliphatic heterocycles. The van der Waals surface area contributed by atoms with Gasteiger partial charge in [0.15, 0.2) is 0 Å². The molecule has 0 saturated carbocycles. The van der Waals surface area contributed by atoms with E-state index in [1.54, 1.807) is 31.4 Å². The van der Waals surface area contributed by atoms with Crippen molar-refractivity contribution < 1.29 is 23.8 Å². The summed E-state index contributed by atoms with van der Waals surface area (Å²) in [6.45, 7) is 4.95. The van der Waals surface area contributed by atoms with Crippen molar-refractivity contribution in [3.8, 4) is 5.75 Å². The topological polar surface area (TPSA) is 78.9 Å². The average Bonchev–Trinajstić information content (AvgIpc) is 2.84. The highest BCUT2D eigenvalue weighted by molar-refractivity contribution is 5.96. The molecule has 1 unspecified atom stereocenters. The van der Waals surface area contributed by atoms with Gasteiger partial charge in [0.25, 0.3) is 5.91 Å². The number of nitrogens with zero attached hydrogens (tertiary/aromatic N) is 1. The van der Waals surface area contributed by atoms with Crippen LogP contribution in [0.4, 0.5) is 10.1 Å². The quantitative estimate of drug-likeness (QED) is 0.393. The fourth-order valence-electron chi connectivity index (χ4n) is 3.76. The molecule has 3 aromatic rings. The van der Waals surface area contributed by atoms with Crippen LogP contribution in [-0.2, 0) is 17.9 Å². The van der Waals surface area contributed by atoms with Gasteiger partial charge < -0.3 is 20.1 Å². The van der Waals surface area contributed by atoms with Crippen LogP contribution in [0.2, 0.25) is 0 Å². The van der Waals surface area contributed by atoms with Crippen molar-refractivity contribution in [1.29, 1.82) is 0 Å². The van der Waals surface area contributed by atoms with Crippen molar-refractivity contribution in [3.05, 3.63) is 95.3 Å². The first-order valence-electron chi connectivity index (χ1n) is 11.5. The zero-order valence-corrected chi connectivity index (χ0v) is 20.2. The van der Waals surface area contributed by atoms with Crippen LogP contribution < -0.4 is 15.0 Å². The van der Waals surface area contributed by atoms with Crippen molar-refractivity contribution in [1.82, 2.24) is 5.32 Å². The van der Waals surface area contributed by atoms with E-state index in [-0.39, 0.29) is 11.7 Å². The Balaban J connectivity index is 1.75. The second-order valence-electron chi connectivity index (χ2n) is 8.87. The number of ether oxygens (including phenoxy) is 1. The highest BCUT2D eigenvalue weighted by Gasteiger charge is 2.21. The van der Waals surface area contributed by atoms with Crippen molar-refractivity contribution >= 4 is 17.6 Å². The Morgan fingerprint density at radius 1 is 0.914 bits per heavy atom. The Morgan fingerprint density at radius 3 is 1.94 bits per heavy atom. The number of aliphatic carboxylic acids is 1. The lowest BCUT2D eigenvalue weighted by atomic mass is 10.0. The zero-order valence-electron chi connectivity index (χ0n) is 20.2. The number of carbonyl (C=O) groups excluding carboxylic acids is 1. The molecule has 6 nitrogen and oxygen atoms in total. The van der Waals surface area contributed by atoms with Gasteiger partial charge in [0.05, 0.1) is 7.11 Å². The summed E-state index contributed by atoms with van der Waals surface area (Å²) in [6.07, 6.45) is 0.358. The largest absolute Gasteiger partial charge is 0.497 e. The molecule has 0 aliphatic rings. The normalized spacial score (nSPS) is 11.7. The van der Waals surface area contributed by atoms with Gasteiger partial charge in [0.2, 0.25) is 0 Å². The predicted octanol–water partition coefficient (Wildman–Crippen LogP) is 5.27. The molecule has 0 saturated heterocycles. The van der Waals surface area contributed by atoms with Gasteiger partial charge in [-0.2, -0.15) is 0 Å². The minimum absolute atomic E-state index is 0.141. The van der Waals surface area contributed by atoms with E-state index < -0.39 is 17.9 Å². The third-order valence-corrected chi connectivity index (χ3v) is 5.62. The number of halogens is 1. The maximum atomic E-state index is 13.5. The minimum atomic E-state index is -1.04. The number of anilines is 1. The molecular weight excluding hydrogens is 447 g/mol. The van der Waals surface area contributed by atoms with Gasteiger partial charge in [0.1, 0.15) is 17.6 Å². The lowest BCUT2D eigenvalue weighted by Gasteiger charge is -2.25. The van der Waals surface area contributed by atoms with Gasteiger partial charge in [-0.1, -0.05) is 38.1 Å². The summed E-state index contributed by atoms with van der Waals surface area (Å²) in [7, 11) is 1.62. The summed E-state index contributed by atoms with van der Waals surface area (Å²) in [5.74, 6) is -0.850. The summed E-state index contributed by atoms with van der Waals surface area (Å²) in [5.41, 5.74) is 3.28. The van der Waals surface area contributed by atoms with Crippen LogP contribution in [0.1, 0.15) is 41.8 Å². The van der Waals surface area contributed by atoms with E-state index in [9.17, 15) is 19.1 Å². The molecule has 184 valence electrons. The molecule has 3 aromatic carbocycles. The number of carboxylic acid groups (broad SMARTS) is 1. The zero-order chi connectivity index (χ0) is 25.4. The predicted molar refractivity (Wildman–Crippen MR) is 134 cm³/mol. The Hall–Kier alpha value is -3.87. The van der Waals surface area contributed by atoms with Crippen LogP contribution in [0.25, 0.3) is 0 Å². The Labute approximate surface area is 205 Å². The second kappa shape index (κ2) is 12.0. The van der Waals surface area contributed by atoms with Crippen LogP contribution in [0, 0.1) is 11.7 Å². The lowest BCUT2D eigenvalue weighted by molar-refractivity contribution is -0.139. The summed E-state index contributed by atoms with van der Waals surface area (Å²) in [4.78, 5) is 26.2. The molecule has 0 fully saturated rings. The standard InChI is InChI=1S/C28H31FN2O4/c1-19(2)16-26(28(33)34)30-27(32)22-8-4-20(5-9-22)17-31(24-12-10-23(29)11-13-24)18-21-6-14-25(35-3)15-7-21/h4-15,19,26H,16-18H2,1-3H3,(H,30,32)(H,33,34). The van der Waals surface area contributed by atoms with Gasteiger partial charge in [0, 0.05) is 24.3 Å². The Bertz CT molecular complexity index is 1110. The van der Waals surface area contributed by atoms with E-state index >= 15 is 0 Å². The van der Waals surface area contributed by atoms with Crippen LogP contribution in [-0.4, -0.2) is 30.1 Å². The molecule has 1 amide bonds. The first kappa shape index (κ1) is 25.7. The van der Waals surface area contributed by atoms with E-state index in [0.717, 1.165) is 22.6 Å². The molecule has 2 N–H and O–H groups in total. The maximum absolute atomic E-state index is 13.5. The number of benzene rings is 3. The van der Waals surface area contributed by atoms with Gasteiger partial charge >= 0.3 is 5.97 Å². The van der Waals surface area contributed by atoms with Crippen molar-refractivity contribution in [3.63, 3.8) is 0 Å². The van der Waals surface area contributed by atoms with E-state index in [2.05, 4.69) is 10.2 Å². The maximum Gasteiger partial charge on any atom is 0.326 e. The summed E-state index contributed by atoms with van der Waals surface area (Å²) >= 11 is 0. The summed E-state index contributed by atoms with van der Waals surface area (Å²) < 4.78 is 18.7. The van der Waals surface area contributed by atoms with Crippen molar-refractivity contribution in [2.45, 2.75) is 39.4 Å². The number of carboxylic acids is 1. The monoisotopic (exact) mass is 478 g/mol. The van der Waals surface area contributed by atoms with Gasteiger partial charge in [-0.25, -0.2) is 9.18 Å². The molecule has 0 bridgehead atoms. The smallest absolute Gasteiger partial charge is 0.326 e. The number of rotatable bonds is 11. The number of amides is 1. The fraction of sp³-hybridized carbons (Fsp3) is 0.286. The van der Waals surface area contributed by atoms with E-state index in [4.69, 9.17) is 4.74 Å². The van der Waals surface area contributed by atoms with Crippen molar-refractivity contribution in [2.24, 2.45) is 5.92 Å². The van der Waals surface area contributed by atoms with Crippen LogP contribution in [0.15, 0.2) is 72.8 Å². The molecule has 0 aromatic heterocycles. The second-order valence-corrected chi connectivity index (χ2v) is 8.87. The van der Waals surface area contributed by atoms with Crippen LogP contribution in [0.5, 0.6) is 5.75 Å². The highest BCUT2D eigenvalue weighted by atomic mass is 19.1. The van der Waals surface area contributed by atoms with Crippen LogP contribution in [0.3, 0.4) is 0 Å². The number of carbonyl (C=O) groups is 2. The molecule has 1 atom stereocenters. The van der Waals surface area contributed by atoms with E-state index in [0.29, 0.717) is 25.1 Å². The van der Waals surface area contributed by atoms with Gasteiger partial charge in [-0.15, -0.1) is 0 Å². The first-order valence-corrected chi connectivity index (χ1v) is 11.5. The van der Waals surface area contributed by atoms with E-state index in [1.165, 1.54) is 12.1 Å². The first-order chi connectivity index (χ1) is 16.7. The van der Waals surface area contributed by atoms with E-state index in [1.807, 2.05) is 50.2 Å². The van der Waals surface area contributed by atoms with Gasteiger partial charge in [-0.3, -0.25) is 4.79 Å². The third kappa shape index (κ3) is 7.57. The lowest BCUT2D eigenvalue weighted by Crippen LogP contribution is -2.41. The molecule has 35 heavy (non-hydrogen) atoms. The molecule has 0 aliphatic carbocycles. The Kier molecular flexibility index (Phi) is 8.84. The molecular formula is C28H31FN2O4. The van der Waals surface area contributed by atoms with Crippen LogP contribution >= 0.6 is 0 Å². The molecule has 0 spiro atoms. The SMILES string of the molecule is COc1ccc(CN(Cc2ccc(C(=O)NC(CC(C)C)C(=O)O)cc2)c2ccc(F)cc2)cc1. The molecule has 3 rings (SSSR count). The number of hydrogen-bond acceptors (Lipinski definition) is 4. The molecule has 7 heteroatoms. The number of nitrogens with one attached hydrogen (secondary N) is 1. The molecule has 0 heterocycles. The third-order valence-electron chi connectivity index (χ3n) is 5.62. The van der Waals surface area contributed by atoms with Gasteiger partial charge in [-0.05, 0) is 72.0 Å². The summed E-state index contributed by atoms with van der Waals surface area (Å²) in [5, 5.41) is 12.0. The molecule has 0 radical (unpaired) electrons. The number of hydrogen-bond donors (Lipinski definition) is 2. The fourth-order valence-corrected chi connectivity index (χ4v) is 3.76. The minimum Gasteiger partial charge on any atom is -0.497 e. The Morgan fingerprint density at radius 2 is 1.46 bits per heavy atom. The van der Waals surface area contributed by atoms with Crippen molar-refractivity contribution in [2.75, 3.05) is 12.0 Å². The summed E-state index contributed by atoms with van der Waals surface area (Å²) in [6, 6.07) is 20.2. The number of methoxy groups -OCH3 is 1.